The molecule has 0 spiro atoms. The van der Waals surface area contributed by atoms with Gasteiger partial charge in [0.1, 0.15) is 0 Å². The van der Waals surface area contributed by atoms with Crippen LogP contribution in [0.5, 0.6) is 0 Å². The molecule has 1 nitrogen and oxygen atoms in total. The molecule has 0 radical (unpaired) electrons. The van der Waals surface area contributed by atoms with Gasteiger partial charge in [-0.05, 0) is 24.6 Å². The second-order valence-corrected chi connectivity index (χ2v) is 3.73. The van der Waals surface area contributed by atoms with Crippen molar-refractivity contribution in [1.29, 1.82) is 0 Å². The predicted octanol–water partition coefficient (Wildman–Crippen LogP) is 4.08. The Morgan fingerprint density at radius 3 is 2.29 bits per heavy atom. The van der Waals surface area contributed by atoms with Crippen molar-refractivity contribution in [2.75, 3.05) is 0 Å². The Kier molecular flexibility index (Phi) is 2.88. The zero-order chi connectivity index (χ0) is 12.5. The highest BCUT2D eigenvalue weighted by Gasteiger charge is 2.33. The van der Waals surface area contributed by atoms with Crippen LogP contribution in [0.15, 0.2) is 42.6 Å². The zero-order valence-corrected chi connectivity index (χ0v) is 9.12. The molecule has 1 aromatic heterocycles. The average Bonchev–Trinajstić information content (AvgIpc) is 2.29. The Morgan fingerprint density at radius 1 is 1.00 bits per heavy atom. The van der Waals surface area contributed by atoms with Crippen LogP contribution in [-0.2, 0) is 6.18 Å². The molecule has 0 N–H and O–H groups in total. The van der Waals surface area contributed by atoms with E-state index in [1.54, 1.807) is 25.1 Å². The van der Waals surface area contributed by atoms with Crippen molar-refractivity contribution >= 4 is 0 Å². The van der Waals surface area contributed by atoms with E-state index in [0.717, 1.165) is 11.8 Å². The van der Waals surface area contributed by atoms with Crippen LogP contribution in [0.1, 0.15) is 11.3 Å². The van der Waals surface area contributed by atoms with E-state index in [1.165, 1.54) is 18.3 Å². The quantitative estimate of drug-likeness (QED) is 0.728. The zero-order valence-electron chi connectivity index (χ0n) is 9.12. The van der Waals surface area contributed by atoms with E-state index in [4.69, 9.17) is 0 Å². The van der Waals surface area contributed by atoms with Crippen molar-refractivity contribution in [3.63, 3.8) is 0 Å². The molecule has 0 saturated heterocycles. The van der Waals surface area contributed by atoms with Crippen molar-refractivity contribution in [2.24, 2.45) is 0 Å². The average molecular weight is 237 g/mol. The summed E-state index contributed by atoms with van der Waals surface area (Å²) < 4.78 is 38.4. The normalized spacial score (nSPS) is 11.5. The molecule has 2 aromatic rings. The monoisotopic (exact) mass is 237 g/mol. The summed E-state index contributed by atoms with van der Waals surface area (Å²) in [6.45, 7) is 1.79. The van der Waals surface area contributed by atoms with Gasteiger partial charge >= 0.3 is 6.18 Å². The first kappa shape index (κ1) is 11.6. The van der Waals surface area contributed by atoms with Gasteiger partial charge in [-0.3, -0.25) is 4.98 Å². The summed E-state index contributed by atoms with van der Waals surface area (Å²) in [5.41, 5.74) is 0.778. The SMILES string of the molecule is Cc1ccc(-c2ccccc2C(F)(F)F)cn1. The minimum absolute atomic E-state index is 0.160. The van der Waals surface area contributed by atoms with Crippen molar-refractivity contribution in [1.82, 2.24) is 4.98 Å². The molecule has 0 aliphatic rings. The van der Waals surface area contributed by atoms with Crippen LogP contribution in [0.3, 0.4) is 0 Å². The summed E-state index contributed by atoms with van der Waals surface area (Å²) in [5, 5.41) is 0. The molecule has 2 rings (SSSR count). The van der Waals surface area contributed by atoms with Crippen LogP contribution in [-0.4, -0.2) is 4.98 Å². The first-order valence-electron chi connectivity index (χ1n) is 5.08. The Balaban J connectivity index is 2.56. The summed E-state index contributed by atoms with van der Waals surface area (Å²) in [4.78, 5) is 4.01. The molecular formula is C13H10F3N. The molecule has 88 valence electrons. The molecule has 0 saturated carbocycles. The van der Waals surface area contributed by atoms with Gasteiger partial charge in [0.25, 0.3) is 0 Å². The Hall–Kier alpha value is -1.84. The van der Waals surface area contributed by atoms with Gasteiger partial charge in [0.2, 0.25) is 0 Å². The van der Waals surface area contributed by atoms with Gasteiger partial charge in [0.15, 0.2) is 0 Å². The van der Waals surface area contributed by atoms with Crippen LogP contribution in [0.25, 0.3) is 11.1 Å². The maximum absolute atomic E-state index is 12.8. The Bertz CT molecular complexity index is 515. The molecular weight excluding hydrogens is 227 g/mol. The van der Waals surface area contributed by atoms with Crippen LogP contribution in [0.2, 0.25) is 0 Å². The number of benzene rings is 1. The van der Waals surface area contributed by atoms with E-state index in [0.29, 0.717) is 5.56 Å². The number of pyridine rings is 1. The molecule has 4 heteroatoms. The standard InChI is InChI=1S/C13H10F3N/c1-9-6-7-10(8-17-9)11-4-2-3-5-12(11)13(14,15)16/h2-8H,1H3. The van der Waals surface area contributed by atoms with E-state index >= 15 is 0 Å². The molecule has 0 unspecified atom stereocenters. The number of alkyl halides is 3. The predicted molar refractivity (Wildman–Crippen MR) is 59.4 cm³/mol. The summed E-state index contributed by atoms with van der Waals surface area (Å²) in [5.74, 6) is 0. The lowest BCUT2D eigenvalue weighted by molar-refractivity contribution is -0.137. The first-order chi connectivity index (χ1) is 7.98. The van der Waals surface area contributed by atoms with Crippen LogP contribution in [0, 0.1) is 6.92 Å². The van der Waals surface area contributed by atoms with E-state index in [2.05, 4.69) is 4.98 Å². The van der Waals surface area contributed by atoms with Crippen LogP contribution in [0.4, 0.5) is 13.2 Å². The van der Waals surface area contributed by atoms with E-state index < -0.39 is 11.7 Å². The fourth-order valence-electron chi connectivity index (χ4n) is 1.61. The lowest BCUT2D eigenvalue weighted by atomic mass is 10.0. The number of halogens is 3. The van der Waals surface area contributed by atoms with Gasteiger partial charge in [-0.2, -0.15) is 13.2 Å². The summed E-state index contributed by atoms with van der Waals surface area (Å²) >= 11 is 0. The molecule has 0 bridgehead atoms. The topological polar surface area (TPSA) is 12.9 Å². The Labute approximate surface area is 96.9 Å². The molecule has 17 heavy (non-hydrogen) atoms. The number of rotatable bonds is 1. The molecule has 0 fully saturated rings. The highest BCUT2D eigenvalue weighted by atomic mass is 19.4. The van der Waals surface area contributed by atoms with Crippen LogP contribution >= 0.6 is 0 Å². The van der Waals surface area contributed by atoms with E-state index in [9.17, 15) is 13.2 Å². The van der Waals surface area contributed by atoms with E-state index in [1.807, 2.05) is 0 Å². The minimum Gasteiger partial charge on any atom is -0.261 e. The van der Waals surface area contributed by atoms with Crippen molar-refractivity contribution in [3.8, 4) is 11.1 Å². The fourth-order valence-corrected chi connectivity index (χ4v) is 1.61. The third-order valence-electron chi connectivity index (χ3n) is 2.45. The van der Waals surface area contributed by atoms with E-state index in [-0.39, 0.29) is 5.56 Å². The highest BCUT2D eigenvalue weighted by Crippen LogP contribution is 2.36. The summed E-state index contributed by atoms with van der Waals surface area (Å²) in [6.07, 6.45) is -2.89. The third kappa shape index (κ3) is 2.46. The van der Waals surface area contributed by atoms with Crippen LogP contribution < -0.4 is 0 Å². The largest absolute Gasteiger partial charge is 0.417 e. The second-order valence-electron chi connectivity index (χ2n) is 3.73. The Morgan fingerprint density at radius 2 is 1.71 bits per heavy atom. The number of hydrogen-bond acceptors (Lipinski definition) is 1. The van der Waals surface area contributed by atoms with Gasteiger partial charge in [0.05, 0.1) is 5.56 Å². The molecule has 0 amide bonds. The van der Waals surface area contributed by atoms with Gasteiger partial charge in [-0.15, -0.1) is 0 Å². The van der Waals surface area contributed by atoms with Gasteiger partial charge in [0, 0.05) is 17.5 Å². The van der Waals surface area contributed by atoms with Gasteiger partial charge < -0.3 is 0 Å². The van der Waals surface area contributed by atoms with Crippen molar-refractivity contribution < 1.29 is 13.2 Å². The van der Waals surface area contributed by atoms with Gasteiger partial charge in [-0.25, -0.2) is 0 Å². The molecule has 1 aromatic carbocycles. The second kappa shape index (κ2) is 4.20. The molecule has 1 heterocycles. The molecule has 0 aliphatic carbocycles. The smallest absolute Gasteiger partial charge is 0.261 e. The molecule has 0 atom stereocenters. The molecule has 0 aliphatic heterocycles. The number of hydrogen-bond donors (Lipinski definition) is 0. The number of aromatic nitrogens is 1. The summed E-state index contributed by atoms with van der Waals surface area (Å²) in [6, 6.07) is 8.85. The minimum atomic E-state index is -4.35. The number of nitrogens with zero attached hydrogens (tertiary/aromatic N) is 1. The van der Waals surface area contributed by atoms with Crippen molar-refractivity contribution in [3.05, 3.63) is 53.9 Å². The highest BCUT2D eigenvalue weighted by molar-refractivity contribution is 5.67. The third-order valence-corrected chi connectivity index (χ3v) is 2.45. The fraction of sp³-hybridized carbons (Fsp3) is 0.154. The maximum Gasteiger partial charge on any atom is 0.417 e. The van der Waals surface area contributed by atoms with Crippen molar-refractivity contribution in [2.45, 2.75) is 13.1 Å². The number of aryl methyl sites for hydroxylation is 1. The van der Waals surface area contributed by atoms with Gasteiger partial charge in [-0.1, -0.05) is 24.3 Å². The lowest BCUT2D eigenvalue weighted by Crippen LogP contribution is -2.06. The lowest BCUT2D eigenvalue weighted by Gasteiger charge is -2.12. The maximum atomic E-state index is 12.8. The first-order valence-corrected chi connectivity index (χ1v) is 5.08. The summed E-state index contributed by atoms with van der Waals surface area (Å²) in [7, 11) is 0.